The molecule has 15 amide bonds. The topological polar surface area (TPSA) is 508 Å². The van der Waals surface area contributed by atoms with Crippen molar-refractivity contribution in [2.75, 3.05) is 59.3 Å². The van der Waals surface area contributed by atoms with E-state index < -0.39 is 198 Å². The number of primary amides is 1. The molecular formula is C94H118N17O18PS. The van der Waals surface area contributed by atoms with Crippen LogP contribution < -0.4 is 58.9 Å². The summed E-state index contributed by atoms with van der Waals surface area (Å²) in [5.74, 6) is -15.4. The van der Waals surface area contributed by atoms with Crippen LogP contribution in [0.1, 0.15) is 100 Å². The minimum absolute atomic E-state index is 0.0609. The summed E-state index contributed by atoms with van der Waals surface area (Å²) in [4.78, 5) is 233. The molecule has 131 heavy (non-hydrogen) atoms. The fraction of sp³-hybridized carbons (Fsp3) is 0.404. The van der Waals surface area contributed by atoms with Gasteiger partial charge in [0.1, 0.15) is 78.0 Å². The Morgan fingerprint density at radius 1 is 0.473 bits per heavy atom. The van der Waals surface area contributed by atoms with Crippen LogP contribution in [0.5, 0.6) is 11.5 Å². The third kappa shape index (κ3) is 30.1. The number of aromatic hydroxyl groups is 2. The Bertz CT molecular complexity index is 5370. The molecule has 1 saturated heterocycles. The maximum absolute atomic E-state index is 15.6. The number of thioether (sulfide) groups is 1. The molecule has 1 aliphatic heterocycles. The maximum atomic E-state index is 15.6. The Labute approximate surface area is 766 Å². The first-order chi connectivity index (χ1) is 62.4. The summed E-state index contributed by atoms with van der Waals surface area (Å²) < 4.78 is 0. The zero-order valence-corrected chi connectivity index (χ0v) is 76.5. The molecule has 0 spiro atoms. The molecule has 3 heterocycles. The van der Waals surface area contributed by atoms with E-state index in [1.807, 2.05) is 6.92 Å². The first kappa shape index (κ1) is 101. The van der Waals surface area contributed by atoms with Crippen LogP contribution in [-0.2, 0) is 110 Å². The third-order valence-electron chi connectivity index (χ3n) is 22.4. The van der Waals surface area contributed by atoms with Crippen molar-refractivity contribution in [3.05, 3.63) is 203 Å². The zero-order valence-electron chi connectivity index (χ0n) is 74.7. The van der Waals surface area contributed by atoms with E-state index in [4.69, 9.17) is 5.73 Å². The number of benzene rings is 6. The van der Waals surface area contributed by atoms with Gasteiger partial charge in [0, 0.05) is 113 Å². The SMILES string of the molecule is CCCC[C@H]1C(=O)N(C)CC(=O)N[C@@H](CC(O)=P)C(=O)N[C@@H](C(C)C)C(=O)N[C@@H](Cc2cccc3[nH]ccc23)C(=O)N[C@@H](Cc2ccc(O)cc2)C(=O)N(C)CC(=O)N[C@@H](Cc2c[nH]c3ccccc23)C(=O)N[C@@H](Cc2ccc(O)cc2)C(=O)N[C@@H](CC(C)C)C(=O)N[C@H](C(=O)NCC(N)=O)CSCC(=O)N[C@@H](Cc2ccccc2)C(=O)N(C)[C@@H](Cc2ccccc2)C(=O)N1C. The number of fused-ring (bicyclic) bond motifs is 2. The summed E-state index contributed by atoms with van der Waals surface area (Å²) in [6, 6.07) is 26.3. The third-order valence-corrected chi connectivity index (χ3v) is 23.7. The van der Waals surface area contributed by atoms with Crippen molar-refractivity contribution in [1.29, 1.82) is 0 Å². The highest BCUT2D eigenvalue weighted by Crippen LogP contribution is 2.25. The molecule has 11 atom stereocenters. The number of likely N-dealkylation sites (N-methyl/N-ethyl adjacent to an activating group) is 4. The van der Waals surface area contributed by atoms with Gasteiger partial charge in [0.15, 0.2) is 0 Å². The highest BCUT2D eigenvalue weighted by molar-refractivity contribution is 8.00. The van der Waals surface area contributed by atoms with E-state index in [2.05, 4.69) is 72.0 Å². The number of phenolic OH excluding ortho intramolecular Hbond substituents is 2. The Balaban J connectivity index is 1.11. The van der Waals surface area contributed by atoms with Gasteiger partial charge in [-0.3, -0.25) is 71.9 Å². The lowest BCUT2D eigenvalue weighted by Crippen LogP contribution is -2.61. The van der Waals surface area contributed by atoms with Crippen molar-refractivity contribution in [1.82, 2.24) is 82.7 Å². The van der Waals surface area contributed by atoms with E-state index in [0.29, 0.717) is 68.0 Å². The molecule has 17 N–H and O–H groups in total. The van der Waals surface area contributed by atoms with Crippen molar-refractivity contribution in [3.8, 4) is 11.5 Å². The molecule has 0 saturated carbocycles. The number of carbonyl (C=O) groups is 15. The van der Waals surface area contributed by atoms with Gasteiger partial charge < -0.3 is 104 Å². The van der Waals surface area contributed by atoms with Gasteiger partial charge in [0.25, 0.3) is 0 Å². The number of nitrogens with one attached hydrogen (secondary N) is 12. The highest BCUT2D eigenvalue weighted by atomic mass is 32.2. The second kappa shape index (κ2) is 48.8. The predicted molar refractivity (Wildman–Crippen MR) is 497 cm³/mol. The Morgan fingerprint density at radius 3 is 1.53 bits per heavy atom. The average Bonchev–Trinajstić information content (AvgIpc) is 1.48. The van der Waals surface area contributed by atoms with E-state index in [1.54, 1.807) is 149 Å². The molecule has 35 nitrogen and oxygen atoms in total. The fourth-order valence-electron chi connectivity index (χ4n) is 15.4. The van der Waals surface area contributed by atoms with E-state index in [9.17, 15) is 48.9 Å². The smallest absolute Gasteiger partial charge is 0.246 e. The van der Waals surface area contributed by atoms with Gasteiger partial charge >= 0.3 is 0 Å². The minimum atomic E-state index is -1.65. The number of aliphatic hydroxyl groups excluding tert-OH is 1. The lowest BCUT2D eigenvalue weighted by atomic mass is 9.98. The number of amides is 15. The van der Waals surface area contributed by atoms with Crippen LogP contribution in [0.3, 0.4) is 0 Å². The summed E-state index contributed by atoms with van der Waals surface area (Å²) in [5.41, 5.74) is 9.35. The number of phenols is 2. The van der Waals surface area contributed by atoms with Crippen molar-refractivity contribution in [2.24, 2.45) is 17.6 Å². The zero-order chi connectivity index (χ0) is 95.3. The number of nitrogens with two attached hydrogens (primary N) is 1. The van der Waals surface area contributed by atoms with Gasteiger partial charge in [-0.15, -0.1) is 11.8 Å². The number of para-hydroxylation sites is 1. The van der Waals surface area contributed by atoms with Crippen molar-refractivity contribution in [3.63, 3.8) is 0 Å². The van der Waals surface area contributed by atoms with E-state index in [1.165, 1.54) is 86.5 Å². The molecule has 0 radical (unpaired) electrons. The fourth-order valence-corrected chi connectivity index (χ4v) is 16.5. The summed E-state index contributed by atoms with van der Waals surface area (Å²) in [6.45, 7) is 6.36. The van der Waals surface area contributed by atoms with Crippen LogP contribution in [0.4, 0.5) is 0 Å². The molecule has 698 valence electrons. The lowest BCUT2D eigenvalue weighted by Gasteiger charge is -2.37. The van der Waals surface area contributed by atoms with Crippen LogP contribution >= 0.6 is 20.6 Å². The highest BCUT2D eigenvalue weighted by Gasteiger charge is 2.41. The molecule has 9 rings (SSSR count). The number of nitrogens with zero attached hydrogens (tertiary/aromatic N) is 4. The van der Waals surface area contributed by atoms with Gasteiger partial charge in [-0.25, -0.2) is 0 Å². The molecule has 8 aromatic rings. The number of hydrogen-bond acceptors (Lipinski definition) is 18. The van der Waals surface area contributed by atoms with Crippen LogP contribution in [0.2, 0.25) is 0 Å². The van der Waals surface area contributed by atoms with Crippen molar-refractivity contribution in [2.45, 2.75) is 172 Å². The molecule has 0 bridgehead atoms. The Hall–Kier alpha value is -13.5. The van der Waals surface area contributed by atoms with Crippen LogP contribution in [0.15, 0.2) is 170 Å². The van der Waals surface area contributed by atoms with Gasteiger partial charge in [-0.05, 0) is 101 Å². The number of hydrogen-bond donors (Lipinski definition) is 16. The second-order valence-corrected chi connectivity index (χ2v) is 35.2. The molecular weight excluding hydrogens is 1720 g/mol. The van der Waals surface area contributed by atoms with Crippen LogP contribution in [-0.4, -0.2) is 265 Å². The normalized spacial score (nSPS) is 21.7. The lowest BCUT2D eigenvalue weighted by molar-refractivity contribution is -0.151. The summed E-state index contributed by atoms with van der Waals surface area (Å²) in [7, 11) is 8.42. The quantitative estimate of drug-likeness (QED) is 0.0409. The number of rotatable bonds is 23. The maximum Gasteiger partial charge on any atom is 0.246 e. The molecule has 6 aromatic carbocycles. The average molecular weight is 1840 g/mol. The van der Waals surface area contributed by atoms with Gasteiger partial charge in [0.2, 0.25) is 88.6 Å². The first-order valence-electron chi connectivity index (χ1n) is 43.3. The number of unbranched alkanes of at least 4 members (excludes halogenated alkanes) is 1. The molecule has 0 unspecified atom stereocenters. The monoisotopic (exact) mass is 1840 g/mol. The number of aromatic nitrogens is 2. The standard InChI is InChI=1S/C94H118N17O18PS/c1-10-11-29-76-93(128)109(7)51-80(116)100-72(47-82(118)130)89(124)107-83(55(4)5)90(125)104-71(45-60-25-20-28-66-65(60)38-39-96-66)88(123)105-73(43-59-32-36-63(113)37-33-59)91(126)108(6)50-79(115)99-70(46-61-48-97-67-27-19-18-26-64(61)67)87(122)103-69(41-58-30-34-62(112)35-31-58)86(121)102-68(40-54(2)3)85(120)106-75(84(119)98-49-78(95)114)52-131-53-81(117)101-74(42-56-21-14-12-15-22-56)92(127)111(9)77(94(129)110(76)8)44-57-23-16-13-17-24-57/h12-28,30-39,48,54-55,68-77,83,96-97,112-113,118,130H,10-11,29,40-47,49-53H2,1-9H3,(H2,95,114)(H,98,119)(H,99,115)(H,100,116)(H,101,117)(H,102,121)(H,103,122)(H,104,125)(H,105,123)(H,106,120)(H,107,124)/t68-,69-,70-,71-,72-,73-,74-,75-,76-,77-,83-/m0/s1. The van der Waals surface area contributed by atoms with Gasteiger partial charge in [0.05, 0.1) is 30.9 Å². The predicted octanol–water partition coefficient (Wildman–Crippen LogP) is 3.03. The molecule has 37 heteroatoms. The molecule has 1 aliphatic rings. The van der Waals surface area contributed by atoms with E-state index >= 15 is 38.4 Å². The Morgan fingerprint density at radius 2 is 0.939 bits per heavy atom. The van der Waals surface area contributed by atoms with Crippen molar-refractivity contribution >= 4 is 137 Å². The van der Waals surface area contributed by atoms with Gasteiger partial charge in [-0.1, -0.05) is 172 Å². The summed E-state index contributed by atoms with van der Waals surface area (Å²) in [6.07, 6.45) is 2.34. The molecule has 1 fully saturated rings. The number of aromatic amines is 2. The number of carbonyl (C=O) groups excluding carboxylic acids is 15. The summed E-state index contributed by atoms with van der Waals surface area (Å²) >= 11 is 0.838. The first-order valence-corrected chi connectivity index (χ1v) is 45.0. The minimum Gasteiger partial charge on any atom is -0.508 e. The number of aliphatic hydroxyl groups is 1. The largest absolute Gasteiger partial charge is 0.508 e. The molecule has 0 aliphatic carbocycles. The Kier molecular flexibility index (Phi) is 37.7. The number of H-pyrrole nitrogens is 2. The van der Waals surface area contributed by atoms with Crippen LogP contribution in [0.25, 0.3) is 21.8 Å². The molecule has 2 aromatic heterocycles. The summed E-state index contributed by atoms with van der Waals surface area (Å²) in [5, 5.41) is 59.9. The van der Waals surface area contributed by atoms with Gasteiger partial charge in [-0.2, -0.15) is 0 Å². The second-order valence-electron chi connectivity index (χ2n) is 33.6. The van der Waals surface area contributed by atoms with E-state index in [-0.39, 0.29) is 74.5 Å². The van der Waals surface area contributed by atoms with E-state index in [0.717, 1.165) is 21.6 Å². The van der Waals surface area contributed by atoms with Crippen LogP contribution in [0, 0.1) is 11.8 Å². The van der Waals surface area contributed by atoms with Crippen molar-refractivity contribution < 1.29 is 87.2 Å².